The molecule has 29 heavy (non-hydrogen) atoms. The highest BCUT2D eigenvalue weighted by molar-refractivity contribution is 6.35. The number of likely N-dealkylation sites (N-methyl/N-ethyl adjacent to an activating group) is 1. The molecule has 1 fully saturated rings. The lowest BCUT2D eigenvalue weighted by atomic mass is 10.0. The van der Waals surface area contributed by atoms with Gasteiger partial charge < -0.3 is 14.5 Å². The fourth-order valence-electron chi connectivity index (χ4n) is 3.87. The Bertz CT molecular complexity index is 762. The lowest BCUT2D eigenvalue weighted by molar-refractivity contribution is -0.138. The van der Waals surface area contributed by atoms with Crippen LogP contribution >= 0.6 is 0 Å². The number of benzene rings is 1. The van der Waals surface area contributed by atoms with Crippen LogP contribution in [0.3, 0.4) is 0 Å². The van der Waals surface area contributed by atoms with Gasteiger partial charge in [-0.2, -0.15) is 0 Å². The molecule has 3 rings (SSSR count). The Morgan fingerprint density at radius 1 is 0.966 bits per heavy atom. The Kier molecular flexibility index (Phi) is 6.96. The highest BCUT2D eigenvalue weighted by Crippen LogP contribution is 2.33. The third-order valence-electron chi connectivity index (χ3n) is 5.44. The highest BCUT2D eigenvalue weighted by atomic mass is 16.5. The summed E-state index contributed by atoms with van der Waals surface area (Å²) in [6.07, 6.45) is 0.942. The van der Waals surface area contributed by atoms with Crippen molar-refractivity contribution in [3.05, 3.63) is 35.5 Å². The topological polar surface area (TPSA) is 53.1 Å². The Labute approximate surface area is 174 Å². The first-order valence-electron chi connectivity index (χ1n) is 10.8. The molecule has 2 heterocycles. The number of rotatable bonds is 8. The maximum atomic E-state index is 13.3. The van der Waals surface area contributed by atoms with Crippen molar-refractivity contribution in [3.63, 3.8) is 0 Å². The molecule has 0 aromatic heterocycles. The van der Waals surface area contributed by atoms with Gasteiger partial charge in [0.2, 0.25) is 0 Å². The molecule has 158 valence electrons. The van der Waals surface area contributed by atoms with Gasteiger partial charge in [0.15, 0.2) is 0 Å². The van der Waals surface area contributed by atoms with Crippen LogP contribution in [-0.2, 0) is 9.59 Å². The summed E-state index contributed by atoms with van der Waals surface area (Å²) in [7, 11) is 0. The van der Waals surface area contributed by atoms with Gasteiger partial charge in [-0.25, -0.2) is 0 Å². The molecule has 2 amide bonds. The third-order valence-corrected chi connectivity index (χ3v) is 5.44. The maximum absolute atomic E-state index is 13.3. The van der Waals surface area contributed by atoms with Crippen molar-refractivity contribution in [2.45, 2.75) is 34.1 Å². The zero-order chi connectivity index (χ0) is 21.0. The van der Waals surface area contributed by atoms with Crippen molar-refractivity contribution >= 4 is 17.4 Å². The molecular formula is C23H33N3O3. The second-order valence-corrected chi connectivity index (χ2v) is 8.13. The van der Waals surface area contributed by atoms with E-state index in [0.29, 0.717) is 24.4 Å². The number of hydrogen-bond acceptors (Lipinski definition) is 5. The minimum absolute atomic E-state index is 0.157. The van der Waals surface area contributed by atoms with E-state index in [1.807, 2.05) is 38.1 Å². The number of amides is 2. The summed E-state index contributed by atoms with van der Waals surface area (Å²) >= 11 is 0. The van der Waals surface area contributed by atoms with E-state index in [0.717, 1.165) is 50.5 Å². The van der Waals surface area contributed by atoms with Gasteiger partial charge in [-0.3, -0.25) is 14.5 Å². The molecule has 0 spiro atoms. The Morgan fingerprint density at radius 3 is 2.17 bits per heavy atom. The van der Waals surface area contributed by atoms with Crippen LogP contribution in [0.4, 0.5) is 0 Å². The standard InChI is InChI=1S/C23H33N3O3/c1-5-15-29-19-9-7-18(8-10-19)20-21(25-13-11-24(6-2)12-14-25)23(28)26(22(20)27)16-17(3)4/h7-10,17H,5-6,11-16H2,1-4H3. The molecule has 0 aliphatic carbocycles. The van der Waals surface area contributed by atoms with Gasteiger partial charge in [-0.15, -0.1) is 0 Å². The zero-order valence-corrected chi connectivity index (χ0v) is 18.1. The number of carbonyl (C=O) groups excluding carboxylic acids is 2. The first kappa shape index (κ1) is 21.4. The van der Waals surface area contributed by atoms with E-state index in [1.54, 1.807) is 0 Å². The summed E-state index contributed by atoms with van der Waals surface area (Å²) in [6, 6.07) is 7.56. The average Bonchev–Trinajstić information content (AvgIpc) is 2.97. The summed E-state index contributed by atoms with van der Waals surface area (Å²) in [5, 5.41) is 0. The summed E-state index contributed by atoms with van der Waals surface area (Å²) in [6.45, 7) is 13.7. The van der Waals surface area contributed by atoms with Crippen LogP contribution in [0, 0.1) is 5.92 Å². The molecule has 0 atom stereocenters. The van der Waals surface area contributed by atoms with E-state index in [2.05, 4.69) is 23.6 Å². The van der Waals surface area contributed by atoms with Gasteiger partial charge in [0.25, 0.3) is 11.8 Å². The second-order valence-electron chi connectivity index (χ2n) is 8.13. The van der Waals surface area contributed by atoms with Gasteiger partial charge in [0, 0.05) is 32.7 Å². The average molecular weight is 400 g/mol. The summed E-state index contributed by atoms with van der Waals surface area (Å²) in [5.41, 5.74) is 1.88. The van der Waals surface area contributed by atoms with Gasteiger partial charge in [-0.05, 0) is 36.6 Å². The molecule has 0 unspecified atom stereocenters. The third kappa shape index (κ3) is 4.64. The lowest BCUT2D eigenvalue weighted by Crippen LogP contribution is -2.47. The first-order valence-corrected chi connectivity index (χ1v) is 10.8. The van der Waals surface area contributed by atoms with Crippen LogP contribution in [0.1, 0.15) is 39.7 Å². The second kappa shape index (κ2) is 9.44. The van der Waals surface area contributed by atoms with E-state index >= 15 is 0 Å². The van der Waals surface area contributed by atoms with Crippen LogP contribution in [-0.4, -0.2) is 72.4 Å². The minimum Gasteiger partial charge on any atom is -0.494 e. The number of piperazine rings is 1. The van der Waals surface area contributed by atoms with Crippen LogP contribution in [0.15, 0.2) is 30.0 Å². The Balaban J connectivity index is 1.94. The summed E-state index contributed by atoms with van der Waals surface area (Å²) in [5.74, 6) is 0.671. The van der Waals surface area contributed by atoms with Crippen LogP contribution < -0.4 is 4.74 Å². The molecule has 0 bridgehead atoms. The van der Waals surface area contributed by atoms with E-state index in [4.69, 9.17) is 4.74 Å². The molecule has 1 aromatic carbocycles. The monoisotopic (exact) mass is 399 g/mol. The van der Waals surface area contributed by atoms with Crippen molar-refractivity contribution in [3.8, 4) is 5.75 Å². The Hall–Kier alpha value is -2.34. The quantitative estimate of drug-likeness (QED) is 0.629. The van der Waals surface area contributed by atoms with Crippen molar-refractivity contribution in [1.29, 1.82) is 0 Å². The number of hydrogen-bond donors (Lipinski definition) is 0. The van der Waals surface area contributed by atoms with Gasteiger partial charge in [0.1, 0.15) is 11.4 Å². The fraction of sp³-hybridized carbons (Fsp3) is 0.565. The van der Waals surface area contributed by atoms with Gasteiger partial charge in [0.05, 0.1) is 12.2 Å². The van der Waals surface area contributed by atoms with Gasteiger partial charge in [-0.1, -0.05) is 39.8 Å². The van der Waals surface area contributed by atoms with Crippen molar-refractivity contribution in [1.82, 2.24) is 14.7 Å². The lowest BCUT2D eigenvalue weighted by Gasteiger charge is -2.36. The summed E-state index contributed by atoms with van der Waals surface area (Å²) < 4.78 is 5.67. The van der Waals surface area contributed by atoms with Crippen LogP contribution in [0.2, 0.25) is 0 Å². The van der Waals surface area contributed by atoms with Crippen LogP contribution in [0.5, 0.6) is 5.75 Å². The SMILES string of the molecule is CCCOc1ccc(C2=C(N3CCN(CC)CC3)C(=O)N(CC(C)C)C2=O)cc1. The molecule has 6 heteroatoms. The predicted octanol–water partition coefficient (Wildman–Crippen LogP) is 2.85. The number of nitrogens with zero attached hydrogens (tertiary/aromatic N) is 3. The molecule has 6 nitrogen and oxygen atoms in total. The molecule has 2 aliphatic rings. The van der Waals surface area contributed by atoms with Crippen LogP contribution in [0.25, 0.3) is 5.57 Å². The van der Waals surface area contributed by atoms with Crippen molar-refractivity contribution < 1.29 is 14.3 Å². The van der Waals surface area contributed by atoms with Gasteiger partial charge >= 0.3 is 0 Å². The van der Waals surface area contributed by atoms with E-state index in [9.17, 15) is 9.59 Å². The number of ether oxygens (including phenoxy) is 1. The highest BCUT2D eigenvalue weighted by Gasteiger charge is 2.42. The molecule has 0 radical (unpaired) electrons. The molecule has 1 saturated heterocycles. The van der Waals surface area contributed by atoms with E-state index in [-0.39, 0.29) is 17.7 Å². The molecule has 2 aliphatic heterocycles. The molecule has 0 N–H and O–H groups in total. The normalized spacial score (nSPS) is 18.4. The molecular weight excluding hydrogens is 366 g/mol. The maximum Gasteiger partial charge on any atom is 0.277 e. The Morgan fingerprint density at radius 2 is 1.62 bits per heavy atom. The van der Waals surface area contributed by atoms with Crippen molar-refractivity contribution in [2.24, 2.45) is 5.92 Å². The van der Waals surface area contributed by atoms with E-state index in [1.165, 1.54) is 4.90 Å². The smallest absolute Gasteiger partial charge is 0.277 e. The molecule has 0 saturated carbocycles. The van der Waals surface area contributed by atoms with E-state index < -0.39 is 0 Å². The predicted molar refractivity (Wildman–Crippen MR) is 114 cm³/mol. The summed E-state index contributed by atoms with van der Waals surface area (Å²) in [4.78, 5) is 32.4. The minimum atomic E-state index is -0.182. The zero-order valence-electron chi connectivity index (χ0n) is 18.1. The number of imide groups is 1. The molecule has 1 aromatic rings. The fourth-order valence-corrected chi connectivity index (χ4v) is 3.87. The van der Waals surface area contributed by atoms with Crippen molar-refractivity contribution in [2.75, 3.05) is 45.9 Å². The largest absolute Gasteiger partial charge is 0.494 e. The number of carbonyl (C=O) groups is 2. The first-order chi connectivity index (χ1) is 14.0.